The first-order valence-electron chi connectivity index (χ1n) is 10.6. The zero-order valence-electron chi connectivity index (χ0n) is 19.9. The Kier molecular flexibility index (Phi) is 7.46. The number of nitro groups is 2. The SMILES string of the molecule is COC(=O)N(Cc1cc([N+](=O)[O-])cc([N+](=O)[O-])c1)C1CC(C)N(C(=O)O)c2cc(OC)c(OC)cc21. The van der Waals surface area contributed by atoms with E-state index in [1.165, 1.54) is 25.2 Å². The minimum absolute atomic E-state index is 0.122. The second kappa shape index (κ2) is 10.3. The van der Waals surface area contributed by atoms with Gasteiger partial charge < -0.3 is 19.3 Å². The molecule has 0 fully saturated rings. The van der Waals surface area contributed by atoms with Gasteiger partial charge in [-0.05, 0) is 25.0 Å². The topological polar surface area (TPSA) is 175 Å². The van der Waals surface area contributed by atoms with Gasteiger partial charge in [-0.3, -0.25) is 30.0 Å². The fourth-order valence-electron chi connectivity index (χ4n) is 4.31. The number of carbonyl (C=O) groups is 2. The lowest BCUT2D eigenvalue weighted by Crippen LogP contribution is -2.47. The van der Waals surface area contributed by atoms with Crippen molar-refractivity contribution in [1.29, 1.82) is 0 Å². The number of nitro benzene ring substituents is 2. The van der Waals surface area contributed by atoms with E-state index >= 15 is 0 Å². The Hall–Kier alpha value is -4.62. The standard InChI is InChI=1S/C22H24N4O10/c1-12-5-17(16-9-19(34-2)20(35-3)10-18(16)24(12)21(27)28)23(22(29)36-4)11-13-6-14(25(30)31)8-15(7-13)26(32)33/h6-10,12,17H,5,11H2,1-4H3,(H,27,28). The summed E-state index contributed by atoms with van der Waals surface area (Å²) in [4.78, 5) is 48.5. The summed E-state index contributed by atoms with van der Waals surface area (Å²) in [5.74, 6) is 0.561. The lowest BCUT2D eigenvalue weighted by Gasteiger charge is -2.42. The summed E-state index contributed by atoms with van der Waals surface area (Å²) >= 11 is 0. The molecule has 2 unspecified atom stereocenters. The molecule has 192 valence electrons. The maximum atomic E-state index is 12.9. The average Bonchev–Trinajstić information content (AvgIpc) is 2.84. The number of ether oxygens (including phenoxy) is 3. The molecule has 0 saturated carbocycles. The lowest BCUT2D eigenvalue weighted by molar-refractivity contribution is -0.394. The predicted molar refractivity (Wildman–Crippen MR) is 125 cm³/mol. The van der Waals surface area contributed by atoms with Crippen LogP contribution in [0, 0.1) is 20.2 Å². The van der Waals surface area contributed by atoms with Crippen LogP contribution in [0.25, 0.3) is 0 Å². The Bertz CT molecular complexity index is 1190. The van der Waals surface area contributed by atoms with Crippen molar-refractivity contribution in [2.24, 2.45) is 0 Å². The lowest BCUT2D eigenvalue weighted by atomic mass is 9.90. The van der Waals surface area contributed by atoms with Crippen molar-refractivity contribution in [2.75, 3.05) is 26.2 Å². The maximum absolute atomic E-state index is 12.9. The van der Waals surface area contributed by atoms with Crippen LogP contribution < -0.4 is 14.4 Å². The Labute approximate surface area is 204 Å². The minimum Gasteiger partial charge on any atom is -0.493 e. The van der Waals surface area contributed by atoms with Crippen LogP contribution in [-0.2, 0) is 11.3 Å². The zero-order valence-corrected chi connectivity index (χ0v) is 19.9. The number of carbonyl (C=O) groups excluding carboxylic acids is 1. The van der Waals surface area contributed by atoms with Crippen molar-refractivity contribution in [2.45, 2.75) is 32.0 Å². The largest absolute Gasteiger partial charge is 0.493 e. The first-order chi connectivity index (χ1) is 17.0. The molecule has 0 bridgehead atoms. The highest BCUT2D eigenvalue weighted by atomic mass is 16.6. The summed E-state index contributed by atoms with van der Waals surface area (Å²) in [7, 11) is 3.95. The molecule has 0 spiro atoms. The van der Waals surface area contributed by atoms with Gasteiger partial charge >= 0.3 is 12.2 Å². The molecule has 14 nitrogen and oxygen atoms in total. The molecular formula is C22H24N4O10. The van der Waals surface area contributed by atoms with Gasteiger partial charge in [0, 0.05) is 29.8 Å². The second-order valence-corrected chi connectivity index (χ2v) is 7.99. The molecule has 0 aromatic heterocycles. The number of nitrogens with zero attached hydrogens (tertiary/aromatic N) is 4. The van der Waals surface area contributed by atoms with Gasteiger partial charge in [0.1, 0.15) is 0 Å². The van der Waals surface area contributed by atoms with Gasteiger partial charge in [-0.1, -0.05) is 0 Å². The summed E-state index contributed by atoms with van der Waals surface area (Å²) < 4.78 is 15.6. The van der Waals surface area contributed by atoms with E-state index in [2.05, 4.69) is 0 Å². The molecule has 3 rings (SSSR count). The van der Waals surface area contributed by atoms with E-state index in [4.69, 9.17) is 14.2 Å². The molecule has 2 aromatic carbocycles. The molecule has 1 aliphatic heterocycles. The number of hydrogen-bond acceptors (Lipinski definition) is 9. The van der Waals surface area contributed by atoms with E-state index in [1.54, 1.807) is 13.0 Å². The number of methoxy groups -OCH3 is 3. The number of rotatable bonds is 7. The molecular weight excluding hydrogens is 480 g/mol. The van der Waals surface area contributed by atoms with Crippen LogP contribution in [0.5, 0.6) is 11.5 Å². The predicted octanol–water partition coefficient (Wildman–Crippen LogP) is 4.11. The number of hydrogen-bond donors (Lipinski definition) is 1. The van der Waals surface area contributed by atoms with Crippen LogP contribution in [-0.4, -0.2) is 59.4 Å². The first kappa shape index (κ1) is 26.0. The maximum Gasteiger partial charge on any atom is 0.412 e. The van der Waals surface area contributed by atoms with Crippen molar-refractivity contribution < 1.29 is 38.8 Å². The van der Waals surface area contributed by atoms with Crippen LogP contribution in [0.4, 0.5) is 26.7 Å². The van der Waals surface area contributed by atoms with Crippen molar-refractivity contribution in [3.63, 3.8) is 0 Å². The Balaban J connectivity index is 2.18. The number of fused-ring (bicyclic) bond motifs is 1. The zero-order chi connectivity index (χ0) is 26.7. The molecule has 14 heteroatoms. The highest BCUT2D eigenvalue weighted by Gasteiger charge is 2.40. The van der Waals surface area contributed by atoms with Crippen LogP contribution in [0.1, 0.15) is 30.5 Å². The van der Waals surface area contributed by atoms with E-state index in [1.807, 2.05) is 0 Å². The average molecular weight is 504 g/mol. The summed E-state index contributed by atoms with van der Waals surface area (Å²) in [6.07, 6.45) is -1.89. The summed E-state index contributed by atoms with van der Waals surface area (Å²) in [5.41, 5.74) is -0.243. The normalized spacial score (nSPS) is 16.5. The highest BCUT2D eigenvalue weighted by Crippen LogP contribution is 2.46. The van der Waals surface area contributed by atoms with Crippen molar-refractivity contribution in [3.05, 3.63) is 61.7 Å². The van der Waals surface area contributed by atoms with Crippen LogP contribution >= 0.6 is 0 Å². The number of amides is 2. The first-order valence-corrected chi connectivity index (χ1v) is 10.6. The minimum atomic E-state index is -1.21. The number of non-ortho nitro benzene ring substituents is 2. The smallest absolute Gasteiger partial charge is 0.412 e. The van der Waals surface area contributed by atoms with Gasteiger partial charge in [-0.25, -0.2) is 9.59 Å². The Morgan fingerprint density at radius 2 is 1.58 bits per heavy atom. The summed E-state index contributed by atoms with van der Waals surface area (Å²) in [6, 6.07) is 4.76. The van der Waals surface area contributed by atoms with Gasteiger partial charge in [-0.2, -0.15) is 0 Å². The monoisotopic (exact) mass is 504 g/mol. The van der Waals surface area contributed by atoms with Gasteiger partial charge in [0.25, 0.3) is 11.4 Å². The van der Waals surface area contributed by atoms with Gasteiger partial charge in [0.15, 0.2) is 11.5 Å². The van der Waals surface area contributed by atoms with Crippen molar-refractivity contribution in [3.8, 4) is 11.5 Å². The second-order valence-electron chi connectivity index (χ2n) is 7.99. The third-order valence-electron chi connectivity index (χ3n) is 5.88. The fraction of sp³-hybridized carbons (Fsp3) is 0.364. The van der Waals surface area contributed by atoms with E-state index in [0.29, 0.717) is 5.56 Å². The molecule has 1 N–H and O–H groups in total. The summed E-state index contributed by atoms with van der Waals surface area (Å²) in [6.45, 7) is 1.38. The van der Waals surface area contributed by atoms with Crippen LogP contribution in [0.3, 0.4) is 0 Å². The number of benzene rings is 2. The molecule has 36 heavy (non-hydrogen) atoms. The third-order valence-corrected chi connectivity index (χ3v) is 5.88. The molecule has 1 heterocycles. The number of carboxylic acid groups (broad SMARTS) is 1. The van der Waals surface area contributed by atoms with E-state index < -0.39 is 45.5 Å². The fourth-order valence-corrected chi connectivity index (χ4v) is 4.31. The van der Waals surface area contributed by atoms with E-state index in [9.17, 15) is 34.9 Å². The molecule has 1 aliphatic rings. The summed E-state index contributed by atoms with van der Waals surface area (Å²) in [5, 5.41) is 32.5. The van der Waals surface area contributed by atoms with Gasteiger partial charge in [0.2, 0.25) is 0 Å². The van der Waals surface area contributed by atoms with E-state index in [0.717, 1.165) is 30.2 Å². The molecule has 2 amide bonds. The Morgan fingerprint density at radius 3 is 2.06 bits per heavy atom. The van der Waals surface area contributed by atoms with Gasteiger partial charge in [0.05, 0.1) is 55.5 Å². The van der Waals surface area contributed by atoms with Crippen molar-refractivity contribution >= 4 is 29.2 Å². The van der Waals surface area contributed by atoms with Crippen LogP contribution in [0.2, 0.25) is 0 Å². The molecule has 0 aliphatic carbocycles. The highest BCUT2D eigenvalue weighted by molar-refractivity contribution is 5.90. The molecule has 2 aromatic rings. The third kappa shape index (κ3) is 4.92. The molecule has 2 atom stereocenters. The van der Waals surface area contributed by atoms with E-state index in [-0.39, 0.29) is 35.7 Å². The van der Waals surface area contributed by atoms with Crippen LogP contribution in [0.15, 0.2) is 30.3 Å². The molecule has 0 radical (unpaired) electrons. The van der Waals surface area contributed by atoms with Crippen molar-refractivity contribution in [1.82, 2.24) is 4.90 Å². The molecule has 0 saturated heterocycles. The quantitative estimate of drug-likeness (QED) is 0.427. The van der Waals surface area contributed by atoms with Gasteiger partial charge in [-0.15, -0.1) is 0 Å². The number of anilines is 1. The Morgan fingerprint density at radius 1 is 1.03 bits per heavy atom.